The van der Waals surface area contributed by atoms with Crippen LogP contribution >= 0.6 is 0 Å². The molecule has 1 aliphatic heterocycles. The highest BCUT2D eigenvalue weighted by molar-refractivity contribution is 5.36. The van der Waals surface area contributed by atoms with Crippen molar-refractivity contribution in [2.24, 2.45) is 0 Å². The van der Waals surface area contributed by atoms with Crippen molar-refractivity contribution in [3.8, 4) is 5.69 Å². The van der Waals surface area contributed by atoms with Crippen LogP contribution in [-0.4, -0.2) is 28.3 Å². The van der Waals surface area contributed by atoms with E-state index in [9.17, 15) is 4.39 Å². The molecule has 4 heteroatoms. The Morgan fingerprint density at radius 1 is 1.24 bits per heavy atom. The Morgan fingerprint density at radius 2 is 2.00 bits per heavy atom. The monoisotopic (exact) mass is 231 g/mol. The Morgan fingerprint density at radius 3 is 2.76 bits per heavy atom. The van der Waals surface area contributed by atoms with Crippen molar-refractivity contribution in [2.45, 2.75) is 13.0 Å². The third kappa shape index (κ3) is 1.85. The number of rotatable bonds is 1. The smallest absolute Gasteiger partial charge is 0.123 e. The zero-order chi connectivity index (χ0) is 11.8. The zero-order valence-electron chi connectivity index (χ0n) is 9.73. The molecule has 0 radical (unpaired) electrons. The summed E-state index contributed by atoms with van der Waals surface area (Å²) in [5.74, 6) is -0.213. The van der Waals surface area contributed by atoms with Crippen molar-refractivity contribution < 1.29 is 4.39 Å². The van der Waals surface area contributed by atoms with Gasteiger partial charge in [0.2, 0.25) is 0 Å². The van der Waals surface area contributed by atoms with Crippen LogP contribution in [-0.2, 0) is 13.0 Å². The minimum Gasteiger partial charge on any atom is -0.302 e. The normalized spacial score (nSPS) is 15.9. The predicted molar refractivity (Wildman–Crippen MR) is 63.6 cm³/mol. The fraction of sp³-hybridized carbons (Fsp3) is 0.308. The molecule has 88 valence electrons. The van der Waals surface area contributed by atoms with Crippen LogP contribution in [0.25, 0.3) is 5.69 Å². The van der Waals surface area contributed by atoms with Crippen molar-refractivity contribution in [3.05, 3.63) is 47.5 Å². The zero-order valence-corrected chi connectivity index (χ0v) is 9.73. The van der Waals surface area contributed by atoms with Gasteiger partial charge in [-0.15, -0.1) is 0 Å². The van der Waals surface area contributed by atoms with E-state index >= 15 is 0 Å². The largest absolute Gasteiger partial charge is 0.302 e. The van der Waals surface area contributed by atoms with Gasteiger partial charge in [0.15, 0.2) is 0 Å². The van der Waals surface area contributed by atoms with Gasteiger partial charge in [0.25, 0.3) is 0 Å². The molecule has 1 aromatic heterocycles. The highest BCUT2D eigenvalue weighted by atomic mass is 19.1. The van der Waals surface area contributed by atoms with E-state index in [1.54, 1.807) is 12.1 Å². The molecule has 0 saturated carbocycles. The molecule has 1 aromatic carbocycles. The molecule has 2 heterocycles. The number of hydrogen-bond donors (Lipinski definition) is 0. The van der Waals surface area contributed by atoms with Crippen molar-refractivity contribution in [1.82, 2.24) is 14.7 Å². The van der Waals surface area contributed by atoms with E-state index in [0.29, 0.717) is 0 Å². The first-order valence-corrected chi connectivity index (χ1v) is 5.74. The third-order valence-corrected chi connectivity index (χ3v) is 3.20. The summed E-state index contributed by atoms with van der Waals surface area (Å²) in [4.78, 5) is 2.28. The van der Waals surface area contributed by atoms with Crippen LogP contribution in [0, 0.1) is 5.82 Å². The number of nitrogens with zero attached hydrogens (tertiary/aromatic N) is 3. The van der Waals surface area contributed by atoms with Crippen molar-refractivity contribution in [2.75, 3.05) is 13.6 Å². The summed E-state index contributed by atoms with van der Waals surface area (Å²) in [7, 11) is 2.11. The van der Waals surface area contributed by atoms with Gasteiger partial charge in [-0.3, -0.25) is 0 Å². The minimum atomic E-state index is -0.213. The third-order valence-electron chi connectivity index (χ3n) is 3.20. The van der Waals surface area contributed by atoms with Crippen LogP contribution in [0.3, 0.4) is 0 Å². The van der Waals surface area contributed by atoms with Gasteiger partial charge in [-0.05, 0) is 31.3 Å². The number of benzene rings is 1. The number of likely N-dealkylation sites (N-methyl/N-ethyl adjacent to an activating group) is 1. The van der Waals surface area contributed by atoms with E-state index in [0.717, 1.165) is 25.2 Å². The van der Waals surface area contributed by atoms with Gasteiger partial charge in [-0.2, -0.15) is 5.10 Å². The summed E-state index contributed by atoms with van der Waals surface area (Å²) >= 11 is 0. The van der Waals surface area contributed by atoms with Crippen molar-refractivity contribution in [1.29, 1.82) is 0 Å². The quantitative estimate of drug-likeness (QED) is 0.748. The molecule has 0 amide bonds. The van der Waals surface area contributed by atoms with Gasteiger partial charge in [0.05, 0.1) is 11.9 Å². The van der Waals surface area contributed by atoms with Crippen molar-refractivity contribution in [3.63, 3.8) is 0 Å². The molecule has 0 N–H and O–H groups in total. The second kappa shape index (κ2) is 3.96. The van der Waals surface area contributed by atoms with Crippen LogP contribution in [0.4, 0.5) is 4.39 Å². The highest BCUT2D eigenvalue weighted by Gasteiger charge is 2.18. The highest BCUT2D eigenvalue weighted by Crippen LogP contribution is 2.20. The van der Waals surface area contributed by atoms with E-state index in [2.05, 4.69) is 17.0 Å². The van der Waals surface area contributed by atoms with Gasteiger partial charge in [-0.1, -0.05) is 0 Å². The van der Waals surface area contributed by atoms with E-state index in [4.69, 9.17) is 0 Å². The Hall–Kier alpha value is -1.68. The average Bonchev–Trinajstić information content (AvgIpc) is 2.73. The Kier molecular flexibility index (Phi) is 2.44. The summed E-state index contributed by atoms with van der Waals surface area (Å²) in [5.41, 5.74) is 3.44. The number of aromatic nitrogens is 2. The topological polar surface area (TPSA) is 21.1 Å². The molecule has 2 aromatic rings. The second-order valence-electron chi connectivity index (χ2n) is 4.49. The van der Waals surface area contributed by atoms with Gasteiger partial charge < -0.3 is 4.90 Å². The van der Waals surface area contributed by atoms with Crippen molar-refractivity contribution >= 4 is 0 Å². The maximum Gasteiger partial charge on any atom is 0.123 e. The number of fused-ring (bicyclic) bond motifs is 1. The van der Waals surface area contributed by atoms with Gasteiger partial charge >= 0.3 is 0 Å². The second-order valence-corrected chi connectivity index (χ2v) is 4.49. The van der Waals surface area contributed by atoms with Gasteiger partial charge in [0, 0.05) is 30.8 Å². The molecule has 0 spiro atoms. The van der Waals surface area contributed by atoms with Crippen LogP contribution in [0.2, 0.25) is 0 Å². The summed E-state index contributed by atoms with van der Waals surface area (Å²) in [6.45, 7) is 1.98. The Bertz CT molecular complexity index is 530. The maximum absolute atomic E-state index is 12.9. The molecule has 17 heavy (non-hydrogen) atoms. The molecule has 0 fully saturated rings. The lowest BCUT2D eigenvalue weighted by Gasteiger charge is -2.22. The SMILES string of the molecule is CN1CCc2c(cnn2-c2ccc(F)cc2)C1. The molecule has 0 bridgehead atoms. The first kappa shape index (κ1) is 10.5. The Labute approximate surface area is 99.5 Å². The molecule has 1 aliphatic rings. The lowest BCUT2D eigenvalue weighted by molar-refractivity contribution is 0.310. The standard InChI is InChI=1S/C13H14FN3/c1-16-7-6-13-10(9-16)8-15-17(13)12-4-2-11(14)3-5-12/h2-5,8H,6-7,9H2,1H3. The van der Waals surface area contributed by atoms with Gasteiger partial charge in [0.1, 0.15) is 5.82 Å². The first-order chi connectivity index (χ1) is 8.24. The molecule has 0 aliphatic carbocycles. The molecular weight excluding hydrogens is 217 g/mol. The molecule has 0 atom stereocenters. The Balaban J connectivity index is 2.02. The number of halogens is 1. The fourth-order valence-electron chi connectivity index (χ4n) is 2.28. The molecule has 3 nitrogen and oxygen atoms in total. The van der Waals surface area contributed by atoms with Gasteiger partial charge in [-0.25, -0.2) is 9.07 Å². The summed E-state index contributed by atoms with van der Waals surface area (Å²) < 4.78 is 14.8. The average molecular weight is 231 g/mol. The number of hydrogen-bond acceptors (Lipinski definition) is 2. The predicted octanol–water partition coefficient (Wildman–Crippen LogP) is 2.00. The molecule has 0 saturated heterocycles. The lowest BCUT2D eigenvalue weighted by Crippen LogP contribution is -2.27. The van der Waals surface area contributed by atoms with E-state index in [-0.39, 0.29) is 5.82 Å². The van der Waals surface area contributed by atoms with E-state index in [1.165, 1.54) is 23.4 Å². The van der Waals surface area contributed by atoms with Crippen LogP contribution in [0.15, 0.2) is 30.5 Å². The van der Waals surface area contributed by atoms with Crippen LogP contribution < -0.4 is 0 Å². The van der Waals surface area contributed by atoms with E-state index < -0.39 is 0 Å². The first-order valence-electron chi connectivity index (χ1n) is 5.74. The molecule has 0 unspecified atom stereocenters. The fourth-order valence-corrected chi connectivity index (χ4v) is 2.28. The molecule has 3 rings (SSSR count). The van der Waals surface area contributed by atoms with Crippen LogP contribution in [0.1, 0.15) is 11.3 Å². The summed E-state index contributed by atoms with van der Waals surface area (Å²) in [6.07, 6.45) is 2.90. The summed E-state index contributed by atoms with van der Waals surface area (Å²) in [6, 6.07) is 6.47. The minimum absolute atomic E-state index is 0.213. The molecular formula is C13H14FN3. The van der Waals surface area contributed by atoms with E-state index in [1.807, 2.05) is 10.9 Å². The lowest BCUT2D eigenvalue weighted by atomic mass is 10.1. The summed E-state index contributed by atoms with van der Waals surface area (Å²) in [5, 5.41) is 4.40. The van der Waals surface area contributed by atoms with Crippen LogP contribution in [0.5, 0.6) is 0 Å². The maximum atomic E-state index is 12.9.